The van der Waals surface area contributed by atoms with E-state index >= 15 is 0 Å². The van der Waals surface area contributed by atoms with E-state index in [0.717, 1.165) is 16.4 Å². The molecule has 1 saturated heterocycles. The molecule has 1 unspecified atom stereocenters. The smallest absolute Gasteiger partial charge is 0.161 e. The van der Waals surface area contributed by atoms with Crippen molar-refractivity contribution in [3.63, 3.8) is 0 Å². The van der Waals surface area contributed by atoms with E-state index in [0.29, 0.717) is 25.5 Å². The van der Waals surface area contributed by atoms with Crippen LogP contribution in [0.25, 0.3) is 0 Å². The van der Waals surface area contributed by atoms with E-state index in [1.54, 1.807) is 7.05 Å². The Kier molecular flexibility index (Phi) is 9.58. The summed E-state index contributed by atoms with van der Waals surface area (Å²) in [5.41, 5.74) is 6.52. The minimum absolute atomic E-state index is 0. The number of benzene rings is 1. The van der Waals surface area contributed by atoms with Crippen LogP contribution in [0.5, 0.6) is 11.5 Å². The maximum absolute atomic E-state index is 9.45. The van der Waals surface area contributed by atoms with Gasteiger partial charge in [-0.1, -0.05) is 6.07 Å². The van der Waals surface area contributed by atoms with Crippen molar-refractivity contribution in [1.29, 1.82) is 0 Å². The Hall–Kier alpha value is -0.236. The van der Waals surface area contributed by atoms with Gasteiger partial charge in [0.1, 0.15) is 13.2 Å². The molecule has 2 heterocycles. The van der Waals surface area contributed by atoms with Crippen molar-refractivity contribution in [2.24, 2.45) is 5.73 Å². The van der Waals surface area contributed by atoms with Gasteiger partial charge >= 0.3 is 0 Å². The molecule has 6 nitrogen and oxygen atoms in total. The van der Waals surface area contributed by atoms with E-state index < -0.39 is 0 Å². The third-order valence-electron chi connectivity index (χ3n) is 3.95. The first kappa shape index (κ1) is 20.8. The molecule has 0 amide bonds. The summed E-state index contributed by atoms with van der Waals surface area (Å²) in [6.45, 7) is 4.11. The molecule has 127 valence electrons. The number of nitrogens with zero attached hydrogens (tertiary/aromatic N) is 2. The molecule has 1 aromatic rings. The van der Waals surface area contributed by atoms with Crippen LogP contribution < -0.4 is 15.2 Å². The molecule has 1 fully saturated rings. The van der Waals surface area contributed by atoms with Crippen molar-refractivity contribution in [2.75, 3.05) is 46.9 Å². The van der Waals surface area contributed by atoms with Gasteiger partial charge in [-0.2, -0.15) is 5.06 Å². The quantitative estimate of drug-likeness (QED) is 0.752. The molecule has 0 saturated carbocycles. The first-order chi connectivity index (χ1) is 10.6. The fraction of sp³-hybridized carbons (Fsp3) is 0.625. The van der Waals surface area contributed by atoms with Crippen LogP contribution in [0, 0.1) is 0 Å². The van der Waals surface area contributed by atoms with E-state index in [9.17, 15) is 5.21 Å². The van der Waals surface area contributed by atoms with Crippen molar-refractivity contribution < 1.29 is 47.4 Å². The van der Waals surface area contributed by atoms with Crippen molar-refractivity contribution in [1.82, 2.24) is 9.96 Å². The van der Waals surface area contributed by atoms with Crippen LogP contribution in [-0.2, 0) is 32.7 Å². The molecule has 0 aliphatic carbocycles. The van der Waals surface area contributed by atoms with Crippen molar-refractivity contribution >= 4 is 0 Å². The SMILES string of the molecule is CN(O)C(CN)c1ccc2c(c1)OCCO2.CN1CCCC1.[Y]. The zero-order chi connectivity index (χ0) is 15.9. The molecule has 1 aromatic carbocycles. The number of hydrogen-bond donors (Lipinski definition) is 2. The summed E-state index contributed by atoms with van der Waals surface area (Å²) in [5, 5.41) is 10.6. The third-order valence-corrected chi connectivity index (χ3v) is 3.95. The molecule has 3 rings (SSSR count). The van der Waals surface area contributed by atoms with Gasteiger partial charge < -0.3 is 25.3 Å². The molecule has 0 aromatic heterocycles. The van der Waals surface area contributed by atoms with Gasteiger partial charge in [-0.15, -0.1) is 0 Å². The molecule has 7 heteroatoms. The molecule has 1 atom stereocenters. The second-order valence-electron chi connectivity index (χ2n) is 5.74. The summed E-state index contributed by atoms with van der Waals surface area (Å²) in [6.07, 6.45) is 2.83. The second-order valence-corrected chi connectivity index (χ2v) is 5.74. The van der Waals surface area contributed by atoms with E-state index in [4.69, 9.17) is 15.2 Å². The summed E-state index contributed by atoms with van der Waals surface area (Å²) in [4.78, 5) is 2.36. The minimum Gasteiger partial charge on any atom is -0.486 e. The first-order valence-corrected chi connectivity index (χ1v) is 7.81. The van der Waals surface area contributed by atoms with Crippen molar-refractivity contribution in [2.45, 2.75) is 18.9 Å². The summed E-state index contributed by atoms with van der Waals surface area (Å²) >= 11 is 0. The van der Waals surface area contributed by atoms with Gasteiger partial charge in [0, 0.05) is 46.3 Å². The number of hydrogen-bond acceptors (Lipinski definition) is 6. The third kappa shape index (κ3) is 6.29. The van der Waals surface area contributed by atoms with Crippen LogP contribution in [-0.4, -0.2) is 62.1 Å². The molecular formula is C16H27N3O3Y. The zero-order valence-electron chi connectivity index (χ0n) is 14.1. The average molecular weight is 398 g/mol. The first-order valence-electron chi connectivity index (χ1n) is 7.81. The molecule has 3 N–H and O–H groups in total. The molecule has 0 spiro atoms. The minimum atomic E-state index is -0.226. The Morgan fingerprint density at radius 3 is 2.30 bits per heavy atom. The predicted octanol–water partition coefficient (Wildman–Crippen LogP) is 1.49. The summed E-state index contributed by atoms with van der Waals surface area (Å²) in [7, 11) is 3.75. The Balaban J connectivity index is 0.000000320. The number of rotatable bonds is 3. The van der Waals surface area contributed by atoms with Crippen LogP contribution in [0.4, 0.5) is 0 Å². The van der Waals surface area contributed by atoms with Crippen LogP contribution in [0.2, 0.25) is 0 Å². The Morgan fingerprint density at radius 2 is 1.83 bits per heavy atom. The molecule has 2 aliphatic heterocycles. The van der Waals surface area contributed by atoms with Crippen molar-refractivity contribution in [3.8, 4) is 11.5 Å². The monoisotopic (exact) mass is 398 g/mol. The summed E-state index contributed by atoms with van der Waals surface area (Å²) < 4.78 is 10.9. The molecule has 1 radical (unpaired) electrons. The fourth-order valence-corrected chi connectivity index (χ4v) is 2.65. The van der Waals surface area contributed by atoms with Crippen LogP contribution >= 0.6 is 0 Å². The van der Waals surface area contributed by atoms with E-state index in [2.05, 4.69) is 11.9 Å². The van der Waals surface area contributed by atoms with Gasteiger partial charge in [0.15, 0.2) is 11.5 Å². The molecular weight excluding hydrogens is 371 g/mol. The second kappa shape index (κ2) is 10.6. The zero-order valence-corrected chi connectivity index (χ0v) is 16.9. The molecule has 0 bridgehead atoms. The van der Waals surface area contributed by atoms with Gasteiger partial charge in [0.05, 0.1) is 6.04 Å². The number of fused-ring (bicyclic) bond motifs is 1. The Labute approximate surface area is 163 Å². The number of hydroxylamine groups is 2. The number of nitrogens with two attached hydrogens (primary N) is 1. The van der Waals surface area contributed by atoms with Crippen LogP contribution in [0.15, 0.2) is 18.2 Å². The predicted molar refractivity (Wildman–Crippen MR) is 85.5 cm³/mol. The van der Waals surface area contributed by atoms with Crippen LogP contribution in [0.3, 0.4) is 0 Å². The van der Waals surface area contributed by atoms with E-state index in [-0.39, 0.29) is 38.8 Å². The van der Waals surface area contributed by atoms with Gasteiger partial charge in [-0.05, 0) is 50.7 Å². The van der Waals surface area contributed by atoms with Gasteiger partial charge in [-0.3, -0.25) is 0 Å². The maximum atomic E-state index is 9.45. The number of likely N-dealkylation sites (tertiary alicyclic amines) is 1. The van der Waals surface area contributed by atoms with Crippen molar-refractivity contribution in [3.05, 3.63) is 23.8 Å². The topological polar surface area (TPSA) is 71.2 Å². The largest absolute Gasteiger partial charge is 0.486 e. The standard InChI is InChI=1S/C11H16N2O3.C5H11N.Y/c1-13(14)9(7-12)8-2-3-10-11(6-8)16-5-4-15-10;1-6-4-2-3-5-6;/h2-3,6,9,14H,4-5,7,12H2,1H3;2-5H2,1H3;. The average Bonchev–Trinajstić information content (AvgIpc) is 2.99. The van der Waals surface area contributed by atoms with Gasteiger partial charge in [0.2, 0.25) is 0 Å². The summed E-state index contributed by atoms with van der Waals surface area (Å²) in [6, 6.07) is 5.36. The molecule has 2 aliphatic rings. The normalized spacial score (nSPS) is 18.0. The van der Waals surface area contributed by atoms with E-state index in [1.807, 2.05) is 18.2 Å². The van der Waals surface area contributed by atoms with E-state index in [1.165, 1.54) is 25.9 Å². The summed E-state index contributed by atoms with van der Waals surface area (Å²) in [5.74, 6) is 1.45. The Bertz CT molecular complexity index is 468. The maximum Gasteiger partial charge on any atom is 0.161 e. The van der Waals surface area contributed by atoms with Crippen LogP contribution in [0.1, 0.15) is 24.4 Å². The molecule has 23 heavy (non-hydrogen) atoms. The van der Waals surface area contributed by atoms with Gasteiger partial charge in [-0.25, -0.2) is 0 Å². The van der Waals surface area contributed by atoms with Gasteiger partial charge in [0.25, 0.3) is 0 Å². The number of likely N-dealkylation sites (N-methyl/N-ethyl adjacent to an activating group) is 1. The number of ether oxygens (including phenoxy) is 2. The fourth-order valence-electron chi connectivity index (χ4n) is 2.65. The Morgan fingerprint density at radius 1 is 1.22 bits per heavy atom.